The molecule has 86 valence electrons. The van der Waals surface area contributed by atoms with Crippen molar-refractivity contribution in [2.45, 2.75) is 19.4 Å². The van der Waals surface area contributed by atoms with Crippen molar-refractivity contribution in [3.8, 4) is 0 Å². The van der Waals surface area contributed by atoms with Crippen LogP contribution in [0.1, 0.15) is 13.3 Å². The Morgan fingerprint density at radius 1 is 1.60 bits per heavy atom. The molecule has 1 fully saturated rings. The number of nitrogens with one attached hydrogen (secondary N) is 2. The molecule has 15 heavy (non-hydrogen) atoms. The summed E-state index contributed by atoms with van der Waals surface area (Å²) in [6, 6.07) is -0.288. The van der Waals surface area contributed by atoms with Gasteiger partial charge in [0, 0.05) is 13.2 Å². The van der Waals surface area contributed by atoms with Crippen LogP contribution in [0, 0.1) is 5.92 Å². The van der Waals surface area contributed by atoms with Gasteiger partial charge in [-0.25, -0.2) is 4.79 Å². The molecule has 1 rings (SSSR count). The Labute approximate surface area is 88.0 Å². The molecule has 1 heterocycles. The lowest BCUT2D eigenvalue weighted by Gasteiger charge is -2.13. The van der Waals surface area contributed by atoms with E-state index in [9.17, 15) is 9.59 Å². The molecule has 2 unspecified atom stereocenters. The SMILES string of the molecule is CC(CNC(=O)NC1CCOC1)C(=O)O. The molecule has 0 bridgehead atoms. The van der Waals surface area contributed by atoms with E-state index in [1.807, 2.05) is 0 Å². The summed E-state index contributed by atoms with van der Waals surface area (Å²) in [6.45, 7) is 2.87. The first kappa shape index (κ1) is 11.8. The van der Waals surface area contributed by atoms with Crippen molar-refractivity contribution in [2.75, 3.05) is 19.8 Å². The lowest BCUT2D eigenvalue weighted by molar-refractivity contribution is -0.140. The number of carboxylic acid groups (broad SMARTS) is 1. The fourth-order valence-corrected chi connectivity index (χ4v) is 1.22. The van der Waals surface area contributed by atoms with Crippen molar-refractivity contribution in [3.63, 3.8) is 0 Å². The van der Waals surface area contributed by atoms with Crippen LogP contribution in [-0.2, 0) is 9.53 Å². The molecule has 0 aromatic heterocycles. The maximum atomic E-state index is 11.3. The van der Waals surface area contributed by atoms with Crippen LogP contribution < -0.4 is 10.6 Å². The Balaban J connectivity index is 2.15. The summed E-state index contributed by atoms with van der Waals surface area (Å²) in [5.41, 5.74) is 0. The Bertz CT molecular complexity index is 238. The summed E-state index contributed by atoms with van der Waals surface area (Å²) in [5, 5.41) is 13.8. The topological polar surface area (TPSA) is 87.7 Å². The summed E-state index contributed by atoms with van der Waals surface area (Å²) in [6.07, 6.45) is 0.807. The molecule has 0 aliphatic carbocycles. The second-order valence-electron chi connectivity index (χ2n) is 3.65. The van der Waals surface area contributed by atoms with Gasteiger partial charge in [0.25, 0.3) is 0 Å². The summed E-state index contributed by atoms with van der Waals surface area (Å²) in [7, 11) is 0. The number of ether oxygens (including phenoxy) is 1. The van der Waals surface area contributed by atoms with E-state index in [0.717, 1.165) is 6.42 Å². The number of carboxylic acids is 1. The van der Waals surface area contributed by atoms with Crippen molar-refractivity contribution in [1.29, 1.82) is 0 Å². The number of carbonyl (C=O) groups excluding carboxylic acids is 1. The highest BCUT2D eigenvalue weighted by Gasteiger charge is 2.18. The van der Waals surface area contributed by atoms with Gasteiger partial charge in [0.15, 0.2) is 0 Å². The lowest BCUT2D eigenvalue weighted by Crippen LogP contribution is -2.44. The number of amides is 2. The molecule has 0 aromatic rings. The Morgan fingerprint density at radius 2 is 2.33 bits per heavy atom. The van der Waals surface area contributed by atoms with Crippen LogP contribution in [0.5, 0.6) is 0 Å². The zero-order chi connectivity index (χ0) is 11.3. The lowest BCUT2D eigenvalue weighted by atomic mass is 10.2. The second kappa shape index (κ2) is 5.55. The third-order valence-corrected chi connectivity index (χ3v) is 2.26. The Kier molecular flexibility index (Phi) is 4.36. The van der Waals surface area contributed by atoms with E-state index in [0.29, 0.717) is 13.2 Å². The van der Waals surface area contributed by atoms with Gasteiger partial charge in [-0.2, -0.15) is 0 Å². The average Bonchev–Trinajstić information content (AvgIpc) is 2.66. The van der Waals surface area contributed by atoms with Gasteiger partial charge in [0.1, 0.15) is 0 Å². The first-order valence-corrected chi connectivity index (χ1v) is 4.94. The van der Waals surface area contributed by atoms with Gasteiger partial charge in [-0.15, -0.1) is 0 Å². The molecule has 1 saturated heterocycles. The van der Waals surface area contributed by atoms with E-state index in [2.05, 4.69) is 10.6 Å². The Hall–Kier alpha value is -1.30. The highest BCUT2D eigenvalue weighted by Crippen LogP contribution is 2.02. The molecule has 6 heteroatoms. The van der Waals surface area contributed by atoms with Crippen LogP contribution in [0.15, 0.2) is 0 Å². The van der Waals surface area contributed by atoms with E-state index < -0.39 is 11.9 Å². The maximum absolute atomic E-state index is 11.3. The molecule has 0 saturated carbocycles. The van der Waals surface area contributed by atoms with E-state index in [1.54, 1.807) is 6.92 Å². The highest BCUT2D eigenvalue weighted by atomic mass is 16.5. The third kappa shape index (κ3) is 4.16. The van der Waals surface area contributed by atoms with Crippen molar-refractivity contribution in [2.24, 2.45) is 5.92 Å². The first-order valence-electron chi connectivity index (χ1n) is 4.94. The molecule has 1 aliphatic heterocycles. The van der Waals surface area contributed by atoms with Gasteiger partial charge in [-0.3, -0.25) is 4.79 Å². The number of urea groups is 1. The van der Waals surface area contributed by atoms with Gasteiger partial charge < -0.3 is 20.5 Å². The number of carbonyl (C=O) groups is 2. The van der Waals surface area contributed by atoms with Gasteiger partial charge in [-0.05, 0) is 6.42 Å². The number of aliphatic carboxylic acids is 1. The normalized spacial score (nSPS) is 22.1. The van der Waals surface area contributed by atoms with Crippen LogP contribution >= 0.6 is 0 Å². The third-order valence-electron chi connectivity index (χ3n) is 2.26. The quantitative estimate of drug-likeness (QED) is 0.607. The fourth-order valence-electron chi connectivity index (χ4n) is 1.22. The number of rotatable bonds is 4. The molecule has 1 aliphatic rings. The first-order chi connectivity index (χ1) is 7.09. The molecule has 0 aromatic carbocycles. The van der Waals surface area contributed by atoms with Crippen LogP contribution in [-0.4, -0.2) is 42.9 Å². The fraction of sp³-hybridized carbons (Fsp3) is 0.778. The van der Waals surface area contributed by atoms with E-state index in [-0.39, 0.29) is 18.6 Å². The molecular formula is C9H16N2O4. The summed E-state index contributed by atoms with van der Waals surface area (Å²) < 4.78 is 5.09. The standard InChI is InChI=1S/C9H16N2O4/c1-6(8(12)13)4-10-9(14)11-7-2-3-15-5-7/h6-7H,2-5H2,1H3,(H,12,13)(H2,10,11,14). The maximum Gasteiger partial charge on any atom is 0.315 e. The van der Waals surface area contributed by atoms with Crippen LogP contribution in [0.25, 0.3) is 0 Å². The average molecular weight is 216 g/mol. The van der Waals surface area contributed by atoms with Gasteiger partial charge >= 0.3 is 12.0 Å². The summed E-state index contributed by atoms with van der Waals surface area (Å²) in [4.78, 5) is 21.7. The van der Waals surface area contributed by atoms with Crippen molar-refractivity contribution < 1.29 is 19.4 Å². The summed E-state index contributed by atoms with van der Waals surface area (Å²) >= 11 is 0. The molecule has 0 spiro atoms. The van der Waals surface area contributed by atoms with Crippen LogP contribution in [0.2, 0.25) is 0 Å². The minimum Gasteiger partial charge on any atom is -0.481 e. The van der Waals surface area contributed by atoms with Crippen LogP contribution in [0.4, 0.5) is 4.79 Å². The molecular weight excluding hydrogens is 200 g/mol. The van der Waals surface area contributed by atoms with Gasteiger partial charge in [0.05, 0.1) is 18.6 Å². The van der Waals surface area contributed by atoms with E-state index in [1.165, 1.54) is 0 Å². The monoisotopic (exact) mass is 216 g/mol. The van der Waals surface area contributed by atoms with Crippen molar-refractivity contribution in [1.82, 2.24) is 10.6 Å². The molecule has 0 radical (unpaired) electrons. The Morgan fingerprint density at radius 3 is 2.87 bits per heavy atom. The molecule has 2 amide bonds. The van der Waals surface area contributed by atoms with E-state index in [4.69, 9.17) is 9.84 Å². The smallest absolute Gasteiger partial charge is 0.315 e. The predicted octanol–water partition coefficient (Wildman–Crippen LogP) is -0.205. The summed E-state index contributed by atoms with van der Waals surface area (Å²) in [5.74, 6) is -1.49. The molecule has 6 nitrogen and oxygen atoms in total. The molecule has 2 atom stereocenters. The zero-order valence-electron chi connectivity index (χ0n) is 8.66. The van der Waals surface area contributed by atoms with Gasteiger partial charge in [0.2, 0.25) is 0 Å². The minimum absolute atomic E-state index is 0.0464. The predicted molar refractivity (Wildman–Crippen MR) is 52.6 cm³/mol. The second-order valence-corrected chi connectivity index (χ2v) is 3.65. The highest BCUT2D eigenvalue weighted by molar-refractivity contribution is 5.75. The van der Waals surface area contributed by atoms with Crippen molar-refractivity contribution in [3.05, 3.63) is 0 Å². The van der Waals surface area contributed by atoms with Crippen molar-refractivity contribution >= 4 is 12.0 Å². The van der Waals surface area contributed by atoms with Crippen LogP contribution in [0.3, 0.4) is 0 Å². The number of hydrogen-bond acceptors (Lipinski definition) is 3. The van der Waals surface area contributed by atoms with Gasteiger partial charge in [-0.1, -0.05) is 6.92 Å². The minimum atomic E-state index is -0.917. The zero-order valence-corrected chi connectivity index (χ0v) is 8.66. The molecule has 3 N–H and O–H groups in total. The number of hydrogen-bond donors (Lipinski definition) is 3. The largest absolute Gasteiger partial charge is 0.481 e. The van der Waals surface area contributed by atoms with E-state index >= 15 is 0 Å².